The number of benzene rings is 2. The summed E-state index contributed by atoms with van der Waals surface area (Å²) in [6, 6.07) is 11.5. The summed E-state index contributed by atoms with van der Waals surface area (Å²) in [7, 11) is 3.61. The van der Waals surface area contributed by atoms with Crippen LogP contribution in [0.2, 0.25) is 10.0 Å². The van der Waals surface area contributed by atoms with Crippen LogP contribution in [0.3, 0.4) is 0 Å². The second-order valence-electron chi connectivity index (χ2n) is 13.2. The molecule has 2 saturated carbocycles. The Balaban J connectivity index is 0.958. The van der Waals surface area contributed by atoms with E-state index in [1.807, 2.05) is 36.4 Å². The third kappa shape index (κ3) is 5.88. The van der Waals surface area contributed by atoms with Gasteiger partial charge >= 0.3 is 11.9 Å². The van der Waals surface area contributed by atoms with Crippen LogP contribution < -0.4 is 10.6 Å². The van der Waals surface area contributed by atoms with E-state index < -0.39 is 24.4 Å². The number of carbonyl (C=O) groups excluding carboxylic acids is 2. The summed E-state index contributed by atoms with van der Waals surface area (Å²) >= 11 is 15.8. The summed E-state index contributed by atoms with van der Waals surface area (Å²) < 4.78 is 14.1. The highest BCUT2D eigenvalue weighted by molar-refractivity contribution is 7.20. The molecule has 8 rings (SSSR count). The van der Waals surface area contributed by atoms with E-state index in [2.05, 4.69) is 10.6 Å². The van der Waals surface area contributed by atoms with Crippen molar-refractivity contribution in [1.82, 2.24) is 20.6 Å². The fourth-order valence-corrected chi connectivity index (χ4v) is 11.2. The first-order valence-corrected chi connectivity index (χ1v) is 19.0. The maximum atomic E-state index is 13.2. The lowest BCUT2D eigenvalue weighted by molar-refractivity contribution is -0.155. The molecule has 0 radical (unpaired) electrons. The molecule has 4 aliphatic rings. The van der Waals surface area contributed by atoms with E-state index in [0.29, 0.717) is 33.7 Å². The van der Waals surface area contributed by atoms with Crippen LogP contribution in [-0.4, -0.2) is 48.5 Å². The number of ether oxygens (including phenoxy) is 2. The Morgan fingerprint density at radius 1 is 0.729 bits per heavy atom. The molecule has 2 fully saturated rings. The van der Waals surface area contributed by atoms with E-state index in [9.17, 15) is 9.59 Å². The van der Waals surface area contributed by atoms with Gasteiger partial charge in [0.25, 0.3) is 0 Å². The molecule has 2 N–H and O–H groups in total. The summed E-state index contributed by atoms with van der Waals surface area (Å²) in [5, 5.41) is 9.77. The second-order valence-corrected chi connectivity index (χ2v) is 16.2. The SMILES string of the molecule is CNC(OC(=O)CCC(=O)OC(NC)C1=C(c2nc3ccc(Cl)cc3s2)[C@H]2CC[C@@H]1C2)C1=C(c2nc3ccc(Cl)cc3s2)[C@H]2CC[C@@H]1C2. The lowest BCUT2D eigenvalue weighted by atomic mass is 9.90. The summed E-state index contributed by atoms with van der Waals surface area (Å²) in [5.74, 6) is 0.592. The van der Waals surface area contributed by atoms with E-state index in [1.54, 1.807) is 36.8 Å². The van der Waals surface area contributed by atoms with Crippen molar-refractivity contribution in [3.8, 4) is 0 Å². The Kier molecular flexibility index (Phi) is 8.84. The Labute approximate surface area is 296 Å². The average molecular weight is 724 g/mol. The molecule has 4 aromatic rings. The van der Waals surface area contributed by atoms with Crippen molar-refractivity contribution in [2.75, 3.05) is 14.1 Å². The molecule has 0 saturated heterocycles. The van der Waals surface area contributed by atoms with Crippen LogP contribution in [0.15, 0.2) is 47.5 Å². The fourth-order valence-electron chi connectivity index (χ4n) is 8.44. The van der Waals surface area contributed by atoms with Gasteiger partial charge in [0.05, 0.1) is 33.3 Å². The predicted octanol–water partition coefficient (Wildman–Crippen LogP) is 8.24. The molecule has 8 nitrogen and oxygen atoms in total. The summed E-state index contributed by atoms with van der Waals surface area (Å²) in [6.45, 7) is 0. The molecule has 2 unspecified atom stereocenters. The number of thiazole rings is 2. The average Bonchev–Trinajstić information content (AvgIpc) is 3.93. The normalized spacial score (nSPS) is 24.3. The molecule has 250 valence electrons. The van der Waals surface area contributed by atoms with Gasteiger partial charge in [0, 0.05) is 10.0 Å². The number of esters is 2. The standard InChI is InChI=1S/C36H36Cl2N4O4S2/c1-39-33(29-17-3-5-19(13-17)31(29)35-41-23-9-7-21(37)15-25(23)47-35)45-27(43)11-12-28(44)46-34(40-2)30-18-4-6-20(14-18)32(30)36-42-24-10-8-22(38)16-26(24)48-36/h7-10,15-20,33-34,39-40H,3-6,11-14H2,1-2H3/t17-,18-,19+,20+,33?,34?/m1/s1. The zero-order valence-electron chi connectivity index (χ0n) is 26.7. The minimum atomic E-state index is -0.579. The number of rotatable bonds is 11. The number of fused-ring (bicyclic) bond motifs is 6. The monoisotopic (exact) mass is 722 g/mol. The van der Waals surface area contributed by atoms with Crippen LogP contribution in [0, 0.1) is 23.7 Å². The highest BCUT2D eigenvalue weighted by atomic mass is 35.5. The lowest BCUT2D eigenvalue weighted by Gasteiger charge is -2.27. The maximum absolute atomic E-state index is 13.2. The van der Waals surface area contributed by atoms with Gasteiger partial charge in [0.1, 0.15) is 10.0 Å². The first kappa shape index (κ1) is 32.4. The summed E-state index contributed by atoms with van der Waals surface area (Å²) in [6.07, 6.45) is 5.14. The highest BCUT2D eigenvalue weighted by Crippen LogP contribution is 2.56. The van der Waals surface area contributed by atoms with Crippen LogP contribution in [0.4, 0.5) is 0 Å². The maximum Gasteiger partial charge on any atom is 0.308 e. The van der Waals surface area contributed by atoms with Crippen molar-refractivity contribution in [3.05, 3.63) is 67.6 Å². The van der Waals surface area contributed by atoms with E-state index in [1.165, 1.54) is 11.1 Å². The number of allylic oxidation sites excluding steroid dienone is 2. The van der Waals surface area contributed by atoms with Gasteiger partial charge in [-0.2, -0.15) is 0 Å². The van der Waals surface area contributed by atoms with E-state index in [4.69, 9.17) is 42.6 Å². The third-order valence-corrected chi connectivity index (χ3v) is 13.0. The van der Waals surface area contributed by atoms with Crippen LogP contribution in [0.1, 0.15) is 61.4 Å². The van der Waals surface area contributed by atoms with Crippen LogP contribution in [-0.2, 0) is 19.1 Å². The minimum absolute atomic E-state index is 0.0691. The first-order chi connectivity index (χ1) is 23.3. The number of likely N-dealkylation sites (N-methyl/N-ethyl adjacent to an activating group) is 2. The Bertz CT molecular complexity index is 1860. The fraction of sp³-hybridized carbons (Fsp3) is 0.444. The van der Waals surface area contributed by atoms with Gasteiger partial charge in [0.15, 0.2) is 12.5 Å². The van der Waals surface area contributed by atoms with E-state index >= 15 is 0 Å². The van der Waals surface area contributed by atoms with Crippen molar-refractivity contribution in [2.24, 2.45) is 23.7 Å². The van der Waals surface area contributed by atoms with Crippen molar-refractivity contribution in [1.29, 1.82) is 0 Å². The van der Waals surface area contributed by atoms with Gasteiger partial charge < -0.3 is 9.47 Å². The molecule has 6 atom stereocenters. The van der Waals surface area contributed by atoms with E-state index in [-0.39, 0.29) is 12.8 Å². The van der Waals surface area contributed by atoms with Crippen LogP contribution in [0.25, 0.3) is 31.6 Å². The van der Waals surface area contributed by atoms with Gasteiger partial charge in [-0.05, 0) is 135 Å². The molecule has 0 amide bonds. The molecule has 12 heteroatoms. The van der Waals surface area contributed by atoms with Gasteiger partial charge in [0.2, 0.25) is 0 Å². The van der Waals surface area contributed by atoms with Crippen LogP contribution in [0.5, 0.6) is 0 Å². The quantitative estimate of drug-likeness (QED) is 0.118. The third-order valence-electron chi connectivity index (χ3n) is 10.5. The molecule has 2 aromatic heterocycles. The highest BCUT2D eigenvalue weighted by Gasteiger charge is 2.45. The number of hydrogen-bond donors (Lipinski definition) is 2. The molecule has 48 heavy (non-hydrogen) atoms. The van der Waals surface area contributed by atoms with E-state index in [0.717, 1.165) is 80.1 Å². The van der Waals surface area contributed by atoms with Crippen LogP contribution >= 0.6 is 45.9 Å². The number of nitrogens with zero attached hydrogens (tertiary/aromatic N) is 2. The van der Waals surface area contributed by atoms with Gasteiger partial charge in [-0.1, -0.05) is 23.2 Å². The number of aromatic nitrogens is 2. The predicted molar refractivity (Wildman–Crippen MR) is 192 cm³/mol. The Morgan fingerprint density at radius 2 is 1.15 bits per heavy atom. The number of hydrogen-bond acceptors (Lipinski definition) is 10. The zero-order chi connectivity index (χ0) is 33.1. The number of nitrogens with one attached hydrogen (secondary N) is 2. The Morgan fingerprint density at radius 3 is 1.56 bits per heavy atom. The number of halogens is 2. The Hall–Kier alpha value is -2.86. The molecule has 0 aliphatic heterocycles. The second kappa shape index (κ2) is 13.1. The van der Waals surface area contributed by atoms with Gasteiger partial charge in [-0.25, -0.2) is 9.97 Å². The van der Waals surface area contributed by atoms with Gasteiger partial charge in [-0.15, -0.1) is 22.7 Å². The number of carbonyl (C=O) groups is 2. The lowest BCUT2D eigenvalue weighted by Crippen LogP contribution is -2.36. The zero-order valence-corrected chi connectivity index (χ0v) is 29.8. The molecule has 4 bridgehead atoms. The van der Waals surface area contributed by atoms with Crippen molar-refractivity contribution in [3.63, 3.8) is 0 Å². The molecular weight excluding hydrogens is 687 g/mol. The molecule has 2 aromatic carbocycles. The molecule has 2 heterocycles. The molecule has 4 aliphatic carbocycles. The van der Waals surface area contributed by atoms with Crippen molar-refractivity contribution >= 4 is 89.4 Å². The minimum Gasteiger partial charge on any atom is -0.443 e. The topological polar surface area (TPSA) is 102 Å². The van der Waals surface area contributed by atoms with Crippen molar-refractivity contribution in [2.45, 2.75) is 63.8 Å². The molecular formula is C36H36Cl2N4O4S2. The summed E-state index contributed by atoms with van der Waals surface area (Å²) in [4.78, 5) is 36.3. The summed E-state index contributed by atoms with van der Waals surface area (Å²) in [5.41, 5.74) is 6.44. The largest absolute Gasteiger partial charge is 0.443 e. The smallest absolute Gasteiger partial charge is 0.308 e. The van der Waals surface area contributed by atoms with Gasteiger partial charge in [-0.3, -0.25) is 20.2 Å². The van der Waals surface area contributed by atoms with Crippen molar-refractivity contribution < 1.29 is 19.1 Å². The molecule has 0 spiro atoms. The first-order valence-electron chi connectivity index (χ1n) is 16.6.